The number of hydrogen-bond acceptors (Lipinski definition) is 4. The third-order valence-electron chi connectivity index (χ3n) is 3.27. The zero-order valence-corrected chi connectivity index (χ0v) is 11.6. The van der Waals surface area contributed by atoms with E-state index in [2.05, 4.69) is 41.1 Å². The van der Waals surface area contributed by atoms with Gasteiger partial charge in [0.1, 0.15) is 0 Å². The minimum absolute atomic E-state index is 0.317. The molecule has 0 bridgehead atoms. The molecule has 0 aromatic carbocycles. The third kappa shape index (κ3) is 3.80. The summed E-state index contributed by atoms with van der Waals surface area (Å²) >= 11 is 0. The predicted octanol–water partition coefficient (Wildman–Crippen LogP) is 0.781. The van der Waals surface area contributed by atoms with Gasteiger partial charge in [0.2, 0.25) is 0 Å². The van der Waals surface area contributed by atoms with Gasteiger partial charge < -0.3 is 19.9 Å². The lowest BCUT2D eigenvalue weighted by molar-refractivity contribution is 0.0621. The molecule has 1 aromatic rings. The average molecular weight is 252 g/mol. The highest BCUT2D eigenvalue weighted by Crippen LogP contribution is 2.12. The van der Waals surface area contributed by atoms with Crippen molar-refractivity contribution in [1.82, 2.24) is 20.2 Å². The van der Waals surface area contributed by atoms with Crippen LogP contribution in [0.5, 0.6) is 0 Å². The van der Waals surface area contributed by atoms with Crippen LogP contribution in [0.2, 0.25) is 0 Å². The SMILES string of the molecule is CC(C)OCCN(C)CC1Cc2nc[nH]c2CN1. The predicted molar refractivity (Wildman–Crippen MR) is 71.5 cm³/mol. The van der Waals surface area contributed by atoms with Gasteiger partial charge in [-0.2, -0.15) is 0 Å². The van der Waals surface area contributed by atoms with Crippen molar-refractivity contribution < 1.29 is 4.74 Å². The summed E-state index contributed by atoms with van der Waals surface area (Å²) in [4.78, 5) is 9.85. The number of aromatic nitrogens is 2. The van der Waals surface area contributed by atoms with Crippen molar-refractivity contribution in [2.75, 3.05) is 26.7 Å². The highest BCUT2D eigenvalue weighted by Gasteiger charge is 2.20. The van der Waals surface area contributed by atoms with Gasteiger partial charge in [0.25, 0.3) is 0 Å². The number of nitrogens with one attached hydrogen (secondary N) is 2. The number of ether oxygens (including phenoxy) is 1. The van der Waals surface area contributed by atoms with E-state index in [1.807, 2.05) is 0 Å². The number of fused-ring (bicyclic) bond motifs is 1. The quantitative estimate of drug-likeness (QED) is 0.785. The molecule has 0 spiro atoms. The lowest BCUT2D eigenvalue weighted by atomic mass is 10.1. The molecule has 5 heteroatoms. The molecule has 0 saturated carbocycles. The summed E-state index contributed by atoms with van der Waals surface area (Å²) in [6.07, 6.45) is 3.11. The molecule has 1 aliphatic heterocycles. The van der Waals surface area contributed by atoms with Crippen molar-refractivity contribution in [3.8, 4) is 0 Å². The van der Waals surface area contributed by atoms with Crippen molar-refractivity contribution in [2.45, 2.75) is 39.0 Å². The van der Waals surface area contributed by atoms with Crippen LogP contribution in [-0.4, -0.2) is 53.8 Å². The molecule has 1 aliphatic rings. The van der Waals surface area contributed by atoms with E-state index in [0.29, 0.717) is 12.1 Å². The van der Waals surface area contributed by atoms with Gasteiger partial charge in [-0.05, 0) is 20.9 Å². The zero-order valence-electron chi connectivity index (χ0n) is 11.6. The highest BCUT2D eigenvalue weighted by atomic mass is 16.5. The number of aromatic amines is 1. The Bertz CT molecular complexity index is 364. The summed E-state index contributed by atoms with van der Waals surface area (Å²) in [5, 5.41) is 3.54. The summed E-state index contributed by atoms with van der Waals surface area (Å²) < 4.78 is 5.57. The molecule has 2 heterocycles. The van der Waals surface area contributed by atoms with Crippen LogP contribution in [0.15, 0.2) is 6.33 Å². The molecule has 2 rings (SSSR count). The second-order valence-electron chi connectivity index (χ2n) is 5.29. The Morgan fingerprint density at radius 1 is 1.56 bits per heavy atom. The van der Waals surface area contributed by atoms with Crippen molar-refractivity contribution in [2.24, 2.45) is 0 Å². The summed E-state index contributed by atoms with van der Waals surface area (Å²) in [5.74, 6) is 0. The molecule has 0 amide bonds. The van der Waals surface area contributed by atoms with Crippen LogP contribution in [0.1, 0.15) is 25.2 Å². The van der Waals surface area contributed by atoms with Gasteiger partial charge in [0.05, 0.1) is 30.4 Å². The molecule has 0 saturated heterocycles. The molecule has 0 radical (unpaired) electrons. The lowest BCUT2D eigenvalue weighted by Crippen LogP contribution is -2.44. The maximum Gasteiger partial charge on any atom is 0.0925 e. The number of nitrogens with zero attached hydrogens (tertiary/aromatic N) is 2. The first-order valence-electron chi connectivity index (χ1n) is 6.70. The molecule has 102 valence electrons. The van der Waals surface area contributed by atoms with Gasteiger partial charge in [-0.15, -0.1) is 0 Å². The Morgan fingerprint density at radius 2 is 2.39 bits per heavy atom. The van der Waals surface area contributed by atoms with Gasteiger partial charge in [0, 0.05) is 32.1 Å². The molecule has 0 fully saturated rings. The second kappa shape index (κ2) is 6.31. The Kier molecular flexibility index (Phi) is 4.74. The number of hydrogen-bond donors (Lipinski definition) is 2. The molecular weight excluding hydrogens is 228 g/mol. The van der Waals surface area contributed by atoms with Gasteiger partial charge in [-0.1, -0.05) is 0 Å². The normalized spacial score (nSPS) is 19.5. The average Bonchev–Trinajstić information content (AvgIpc) is 2.75. The zero-order chi connectivity index (χ0) is 13.0. The second-order valence-corrected chi connectivity index (χ2v) is 5.29. The Balaban J connectivity index is 1.71. The van der Waals surface area contributed by atoms with E-state index in [1.165, 1.54) is 11.4 Å². The Hall–Kier alpha value is -0.910. The molecule has 0 aliphatic carbocycles. The number of H-pyrrole nitrogens is 1. The summed E-state index contributed by atoms with van der Waals surface area (Å²) in [5.41, 5.74) is 2.45. The lowest BCUT2D eigenvalue weighted by Gasteiger charge is -2.27. The molecule has 2 N–H and O–H groups in total. The molecule has 1 atom stereocenters. The van der Waals surface area contributed by atoms with Crippen LogP contribution in [0.3, 0.4) is 0 Å². The fourth-order valence-electron chi connectivity index (χ4n) is 2.27. The van der Waals surface area contributed by atoms with Gasteiger partial charge >= 0.3 is 0 Å². The highest BCUT2D eigenvalue weighted by molar-refractivity contribution is 5.15. The van der Waals surface area contributed by atoms with Crippen LogP contribution in [0, 0.1) is 0 Å². The maximum absolute atomic E-state index is 5.57. The number of rotatable bonds is 6. The van der Waals surface area contributed by atoms with E-state index in [1.54, 1.807) is 6.33 Å². The van der Waals surface area contributed by atoms with Crippen molar-refractivity contribution in [3.63, 3.8) is 0 Å². The fraction of sp³-hybridized carbons (Fsp3) is 0.769. The fourth-order valence-corrected chi connectivity index (χ4v) is 2.27. The van der Waals surface area contributed by atoms with E-state index in [4.69, 9.17) is 4.74 Å². The first-order valence-corrected chi connectivity index (χ1v) is 6.70. The van der Waals surface area contributed by atoms with Gasteiger partial charge in [-0.25, -0.2) is 4.98 Å². The van der Waals surface area contributed by atoms with E-state index >= 15 is 0 Å². The third-order valence-corrected chi connectivity index (χ3v) is 3.27. The first kappa shape index (κ1) is 13.5. The van der Waals surface area contributed by atoms with E-state index in [9.17, 15) is 0 Å². The molecule has 1 aromatic heterocycles. The van der Waals surface area contributed by atoms with Crippen LogP contribution >= 0.6 is 0 Å². The minimum atomic E-state index is 0.317. The smallest absolute Gasteiger partial charge is 0.0925 e. The standard InChI is InChI=1S/C13H24N4O/c1-10(2)18-5-4-17(3)8-11-6-12-13(7-14-11)16-9-15-12/h9-11,14H,4-8H2,1-3H3,(H,15,16). The van der Waals surface area contributed by atoms with E-state index in [0.717, 1.165) is 32.7 Å². The summed E-state index contributed by atoms with van der Waals surface area (Å²) in [6.45, 7) is 7.85. The summed E-state index contributed by atoms with van der Waals surface area (Å²) in [7, 11) is 2.14. The molecule has 18 heavy (non-hydrogen) atoms. The van der Waals surface area contributed by atoms with Crippen molar-refractivity contribution >= 4 is 0 Å². The Morgan fingerprint density at radius 3 is 3.17 bits per heavy atom. The number of imidazole rings is 1. The molecule has 1 unspecified atom stereocenters. The minimum Gasteiger partial charge on any atom is -0.377 e. The first-order chi connectivity index (χ1) is 8.65. The van der Waals surface area contributed by atoms with E-state index in [-0.39, 0.29) is 0 Å². The molecular formula is C13H24N4O. The van der Waals surface area contributed by atoms with Crippen LogP contribution in [0.25, 0.3) is 0 Å². The van der Waals surface area contributed by atoms with Gasteiger partial charge in [0.15, 0.2) is 0 Å². The monoisotopic (exact) mass is 252 g/mol. The van der Waals surface area contributed by atoms with Gasteiger partial charge in [-0.3, -0.25) is 0 Å². The van der Waals surface area contributed by atoms with Crippen molar-refractivity contribution in [1.29, 1.82) is 0 Å². The Labute approximate surface area is 109 Å². The van der Waals surface area contributed by atoms with Crippen LogP contribution < -0.4 is 5.32 Å². The summed E-state index contributed by atoms with van der Waals surface area (Å²) in [6, 6.07) is 0.491. The number of likely N-dealkylation sites (N-methyl/N-ethyl adjacent to an activating group) is 1. The van der Waals surface area contributed by atoms with Crippen LogP contribution in [-0.2, 0) is 17.7 Å². The topological polar surface area (TPSA) is 53.2 Å². The van der Waals surface area contributed by atoms with Crippen molar-refractivity contribution in [3.05, 3.63) is 17.7 Å². The molecule has 5 nitrogen and oxygen atoms in total. The largest absolute Gasteiger partial charge is 0.377 e. The van der Waals surface area contributed by atoms with Crippen LogP contribution in [0.4, 0.5) is 0 Å². The maximum atomic E-state index is 5.57. The van der Waals surface area contributed by atoms with E-state index < -0.39 is 0 Å².